The van der Waals surface area contributed by atoms with Crippen molar-refractivity contribution in [1.82, 2.24) is 10.6 Å². The number of benzene rings is 1. The summed E-state index contributed by atoms with van der Waals surface area (Å²) in [7, 11) is 0. The van der Waals surface area contributed by atoms with Gasteiger partial charge in [0.2, 0.25) is 0 Å². The highest BCUT2D eigenvalue weighted by Gasteiger charge is 2.00. The fourth-order valence-corrected chi connectivity index (χ4v) is 2.61. The molecule has 0 aliphatic heterocycles. The van der Waals surface area contributed by atoms with Crippen LogP contribution in [0.25, 0.3) is 0 Å². The maximum atomic E-state index is 11.6. The Morgan fingerprint density at radius 2 is 2.08 bits per heavy atom. The van der Waals surface area contributed by atoms with Gasteiger partial charge in [0.1, 0.15) is 12.4 Å². The first-order valence-corrected chi connectivity index (χ1v) is 8.49. The van der Waals surface area contributed by atoms with Crippen molar-refractivity contribution in [3.05, 3.63) is 64.9 Å². The van der Waals surface area contributed by atoms with E-state index in [-0.39, 0.29) is 19.2 Å². The van der Waals surface area contributed by atoms with E-state index in [1.54, 1.807) is 11.3 Å². The SMILES string of the molecule is C=CCc1ccccc1OCC#CCNC(=O)NCc1cccs1. The number of hydrogen-bond donors (Lipinski definition) is 2. The van der Waals surface area contributed by atoms with E-state index in [9.17, 15) is 4.79 Å². The summed E-state index contributed by atoms with van der Waals surface area (Å²) in [5.41, 5.74) is 1.08. The van der Waals surface area contributed by atoms with Crippen molar-refractivity contribution in [1.29, 1.82) is 0 Å². The molecule has 4 nitrogen and oxygen atoms in total. The van der Waals surface area contributed by atoms with E-state index in [0.29, 0.717) is 6.54 Å². The van der Waals surface area contributed by atoms with Crippen LogP contribution >= 0.6 is 11.3 Å². The standard InChI is InChI=1S/C19H20N2O2S/c1-2-8-16-9-3-4-11-18(16)23-13-6-5-12-20-19(22)21-15-17-10-7-14-24-17/h2-4,7,9-11,14H,1,8,12-13,15H2,(H2,20,21,22). The normalized spacial score (nSPS) is 9.50. The lowest BCUT2D eigenvalue weighted by atomic mass is 10.1. The summed E-state index contributed by atoms with van der Waals surface area (Å²) in [5, 5.41) is 7.44. The predicted octanol–water partition coefficient (Wildman–Crippen LogP) is 3.36. The fourth-order valence-electron chi connectivity index (χ4n) is 1.96. The van der Waals surface area contributed by atoms with Gasteiger partial charge in [0, 0.05) is 4.88 Å². The zero-order chi connectivity index (χ0) is 17.0. The van der Waals surface area contributed by atoms with Gasteiger partial charge in [-0.15, -0.1) is 17.9 Å². The Hall–Kier alpha value is -2.71. The van der Waals surface area contributed by atoms with Crippen LogP contribution in [0.3, 0.4) is 0 Å². The maximum absolute atomic E-state index is 11.6. The highest BCUT2D eigenvalue weighted by Crippen LogP contribution is 2.18. The first-order chi connectivity index (χ1) is 11.8. The van der Waals surface area contributed by atoms with E-state index in [0.717, 1.165) is 22.6 Å². The van der Waals surface area contributed by atoms with Gasteiger partial charge >= 0.3 is 6.03 Å². The second kappa shape index (κ2) is 10.1. The van der Waals surface area contributed by atoms with Gasteiger partial charge in [0.25, 0.3) is 0 Å². The van der Waals surface area contributed by atoms with E-state index in [4.69, 9.17) is 4.74 Å². The van der Waals surface area contributed by atoms with E-state index in [1.807, 2.05) is 47.9 Å². The molecule has 2 N–H and O–H groups in total. The average Bonchev–Trinajstić information content (AvgIpc) is 3.11. The van der Waals surface area contributed by atoms with E-state index in [1.165, 1.54) is 0 Å². The molecule has 24 heavy (non-hydrogen) atoms. The zero-order valence-electron chi connectivity index (χ0n) is 13.4. The Kier molecular flexibility index (Phi) is 7.45. The number of hydrogen-bond acceptors (Lipinski definition) is 3. The first-order valence-electron chi connectivity index (χ1n) is 7.61. The number of ether oxygens (including phenoxy) is 1. The third-order valence-electron chi connectivity index (χ3n) is 3.10. The molecule has 2 aromatic rings. The smallest absolute Gasteiger partial charge is 0.315 e. The summed E-state index contributed by atoms with van der Waals surface area (Å²) in [6.07, 6.45) is 2.60. The number of amides is 2. The molecule has 0 atom stereocenters. The van der Waals surface area contributed by atoms with Crippen LogP contribution in [-0.4, -0.2) is 19.2 Å². The number of rotatable bonds is 7. The van der Waals surface area contributed by atoms with Crippen molar-refractivity contribution in [2.45, 2.75) is 13.0 Å². The predicted molar refractivity (Wildman–Crippen MR) is 98.2 cm³/mol. The summed E-state index contributed by atoms with van der Waals surface area (Å²) < 4.78 is 5.64. The number of allylic oxidation sites excluding steroid dienone is 1. The second-order valence-electron chi connectivity index (χ2n) is 4.86. The molecule has 2 amide bonds. The minimum absolute atomic E-state index is 0.227. The van der Waals surface area contributed by atoms with Crippen LogP contribution in [0.15, 0.2) is 54.4 Å². The fraction of sp³-hybridized carbons (Fsp3) is 0.211. The second-order valence-corrected chi connectivity index (χ2v) is 5.89. The minimum Gasteiger partial charge on any atom is -0.481 e. The molecule has 2 rings (SSSR count). The lowest BCUT2D eigenvalue weighted by molar-refractivity contribution is 0.241. The molecule has 0 saturated heterocycles. The topological polar surface area (TPSA) is 50.4 Å². The highest BCUT2D eigenvalue weighted by atomic mass is 32.1. The summed E-state index contributed by atoms with van der Waals surface area (Å²) in [6.45, 7) is 4.83. The highest BCUT2D eigenvalue weighted by molar-refractivity contribution is 7.09. The van der Waals surface area contributed by atoms with Crippen molar-refractivity contribution in [2.75, 3.05) is 13.2 Å². The Morgan fingerprint density at radius 1 is 1.21 bits per heavy atom. The van der Waals surface area contributed by atoms with Crippen LogP contribution in [0.1, 0.15) is 10.4 Å². The van der Waals surface area contributed by atoms with Crippen LogP contribution in [0.4, 0.5) is 4.79 Å². The van der Waals surface area contributed by atoms with Gasteiger partial charge in [-0.3, -0.25) is 0 Å². The Labute approximate surface area is 146 Å². The molecule has 1 aromatic carbocycles. The number of nitrogens with one attached hydrogen (secondary N) is 2. The van der Waals surface area contributed by atoms with E-state index < -0.39 is 0 Å². The van der Waals surface area contributed by atoms with Crippen LogP contribution in [0.2, 0.25) is 0 Å². The van der Waals surface area contributed by atoms with Gasteiger partial charge in [0.15, 0.2) is 0 Å². The lowest BCUT2D eigenvalue weighted by Gasteiger charge is -2.07. The molecule has 124 valence electrons. The Balaban J connectivity index is 1.65. The van der Waals surface area contributed by atoms with Gasteiger partial charge in [-0.2, -0.15) is 0 Å². The third-order valence-corrected chi connectivity index (χ3v) is 3.98. The van der Waals surface area contributed by atoms with E-state index in [2.05, 4.69) is 29.1 Å². The molecule has 1 aromatic heterocycles. The molecular weight excluding hydrogens is 320 g/mol. The van der Waals surface area contributed by atoms with E-state index >= 15 is 0 Å². The van der Waals surface area contributed by atoms with Gasteiger partial charge in [-0.25, -0.2) is 4.79 Å². The largest absolute Gasteiger partial charge is 0.481 e. The van der Waals surface area contributed by atoms with Crippen molar-refractivity contribution >= 4 is 17.4 Å². The number of thiophene rings is 1. The summed E-state index contributed by atoms with van der Waals surface area (Å²) in [5.74, 6) is 6.57. The third kappa shape index (κ3) is 6.19. The molecule has 0 unspecified atom stereocenters. The molecule has 0 bridgehead atoms. The van der Waals surface area contributed by atoms with Crippen LogP contribution in [0, 0.1) is 11.8 Å². The maximum Gasteiger partial charge on any atom is 0.315 e. The van der Waals surface area contributed by atoms with Gasteiger partial charge < -0.3 is 15.4 Å². The molecule has 0 fully saturated rings. The van der Waals surface area contributed by atoms with Crippen LogP contribution in [-0.2, 0) is 13.0 Å². The summed E-state index contributed by atoms with van der Waals surface area (Å²) >= 11 is 1.61. The molecule has 5 heteroatoms. The average molecular weight is 340 g/mol. The number of para-hydroxylation sites is 1. The number of urea groups is 1. The molecule has 0 aliphatic carbocycles. The van der Waals surface area contributed by atoms with Gasteiger partial charge in [-0.05, 0) is 29.5 Å². The molecular formula is C19H20N2O2S. The van der Waals surface area contributed by atoms with Gasteiger partial charge in [0.05, 0.1) is 13.1 Å². The van der Waals surface area contributed by atoms with Crippen LogP contribution < -0.4 is 15.4 Å². The molecule has 0 saturated carbocycles. The molecule has 0 radical (unpaired) electrons. The van der Waals surface area contributed by atoms with Gasteiger partial charge in [-0.1, -0.05) is 42.2 Å². The molecule has 0 spiro atoms. The summed E-state index contributed by atoms with van der Waals surface area (Å²) in [4.78, 5) is 12.7. The summed E-state index contributed by atoms with van der Waals surface area (Å²) in [6, 6.07) is 11.5. The quantitative estimate of drug-likeness (QED) is 0.600. The molecule has 1 heterocycles. The Morgan fingerprint density at radius 3 is 2.88 bits per heavy atom. The van der Waals surface area contributed by atoms with Crippen LogP contribution in [0.5, 0.6) is 5.75 Å². The van der Waals surface area contributed by atoms with Crippen molar-refractivity contribution in [2.24, 2.45) is 0 Å². The van der Waals surface area contributed by atoms with Crippen molar-refractivity contribution < 1.29 is 9.53 Å². The Bertz CT molecular complexity index is 714. The van der Waals surface area contributed by atoms with Crippen molar-refractivity contribution in [3.8, 4) is 17.6 Å². The number of carbonyl (C=O) groups is 1. The molecule has 0 aliphatic rings. The monoisotopic (exact) mass is 340 g/mol. The first kappa shape index (κ1) is 17.6. The minimum atomic E-state index is -0.227. The lowest BCUT2D eigenvalue weighted by Crippen LogP contribution is -2.35. The van der Waals surface area contributed by atoms with Crippen molar-refractivity contribution in [3.63, 3.8) is 0 Å². The zero-order valence-corrected chi connectivity index (χ0v) is 14.2. The number of carbonyl (C=O) groups excluding carboxylic acids is 1.